The van der Waals surface area contributed by atoms with Gasteiger partial charge in [0.1, 0.15) is 17.2 Å². The molecule has 1 N–H and O–H groups in total. The summed E-state index contributed by atoms with van der Waals surface area (Å²) in [5.41, 5.74) is 0.0693. The number of carbonyl (C=O) groups is 2. The number of nitro benzene ring substituents is 1. The van der Waals surface area contributed by atoms with Crippen LogP contribution in [0.4, 0.5) is 11.4 Å². The smallest absolute Gasteiger partial charge is 0.339 e. The molecule has 3 aromatic carbocycles. The van der Waals surface area contributed by atoms with Gasteiger partial charge in [-0.25, -0.2) is 4.79 Å². The summed E-state index contributed by atoms with van der Waals surface area (Å²) in [7, 11) is 1.37. The molecule has 0 spiro atoms. The zero-order valence-electron chi connectivity index (χ0n) is 17.3. The van der Waals surface area contributed by atoms with Crippen LogP contribution in [0.1, 0.15) is 17.3 Å². The van der Waals surface area contributed by atoms with E-state index in [0.717, 1.165) is 6.07 Å². The van der Waals surface area contributed by atoms with Gasteiger partial charge in [0.25, 0.3) is 11.6 Å². The number of non-ortho nitro benzene ring substituents is 1. The number of nitrogens with one attached hydrogen (secondary N) is 1. The van der Waals surface area contributed by atoms with Crippen molar-refractivity contribution >= 4 is 23.3 Å². The fourth-order valence-corrected chi connectivity index (χ4v) is 2.73. The number of methoxy groups -OCH3 is 1. The quantitative estimate of drug-likeness (QED) is 0.312. The van der Waals surface area contributed by atoms with Crippen LogP contribution in [0.15, 0.2) is 72.8 Å². The van der Waals surface area contributed by atoms with Crippen molar-refractivity contribution in [3.63, 3.8) is 0 Å². The third kappa shape index (κ3) is 5.60. The number of para-hydroxylation sites is 1. The van der Waals surface area contributed by atoms with Crippen LogP contribution in [-0.4, -0.2) is 30.0 Å². The highest BCUT2D eigenvalue weighted by atomic mass is 16.6. The van der Waals surface area contributed by atoms with Crippen LogP contribution < -0.4 is 14.8 Å². The van der Waals surface area contributed by atoms with Gasteiger partial charge >= 0.3 is 5.97 Å². The summed E-state index contributed by atoms with van der Waals surface area (Å²) in [4.78, 5) is 35.4. The molecule has 0 bridgehead atoms. The van der Waals surface area contributed by atoms with Gasteiger partial charge in [-0.3, -0.25) is 14.9 Å². The van der Waals surface area contributed by atoms with E-state index < -0.39 is 22.9 Å². The summed E-state index contributed by atoms with van der Waals surface area (Å²) < 4.78 is 16.1. The lowest BCUT2D eigenvalue weighted by atomic mass is 10.2. The first kappa shape index (κ1) is 22.3. The molecule has 1 unspecified atom stereocenters. The van der Waals surface area contributed by atoms with E-state index in [4.69, 9.17) is 14.2 Å². The lowest BCUT2D eigenvalue weighted by Gasteiger charge is -2.15. The number of benzene rings is 3. The van der Waals surface area contributed by atoms with Gasteiger partial charge in [0.2, 0.25) is 0 Å². The summed E-state index contributed by atoms with van der Waals surface area (Å²) in [5.74, 6) is -0.125. The Morgan fingerprint density at radius 1 is 0.969 bits per heavy atom. The molecule has 0 aliphatic rings. The number of hydrogen-bond donors (Lipinski definition) is 1. The monoisotopic (exact) mass is 436 g/mol. The molecule has 0 saturated heterocycles. The lowest BCUT2D eigenvalue weighted by molar-refractivity contribution is -0.384. The molecule has 9 heteroatoms. The van der Waals surface area contributed by atoms with Crippen molar-refractivity contribution in [3.8, 4) is 17.2 Å². The first-order valence-corrected chi connectivity index (χ1v) is 9.54. The van der Waals surface area contributed by atoms with Gasteiger partial charge in [-0.15, -0.1) is 0 Å². The highest BCUT2D eigenvalue weighted by Gasteiger charge is 2.22. The second-order valence-electron chi connectivity index (χ2n) is 6.62. The maximum absolute atomic E-state index is 12.5. The van der Waals surface area contributed by atoms with E-state index in [9.17, 15) is 19.7 Å². The van der Waals surface area contributed by atoms with Crippen LogP contribution in [0.5, 0.6) is 17.2 Å². The highest BCUT2D eigenvalue weighted by Crippen LogP contribution is 2.29. The molecule has 1 amide bonds. The number of esters is 1. The first-order valence-electron chi connectivity index (χ1n) is 9.54. The minimum atomic E-state index is -1.18. The predicted molar refractivity (Wildman–Crippen MR) is 116 cm³/mol. The van der Waals surface area contributed by atoms with Crippen molar-refractivity contribution in [1.29, 1.82) is 0 Å². The molecular weight excluding hydrogens is 416 g/mol. The number of anilines is 1. The summed E-state index contributed by atoms with van der Waals surface area (Å²) in [6.45, 7) is 1.39. The van der Waals surface area contributed by atoms with E-state index in [1.54, 1.807) is 24.3 Å². The van der Waals surface area contributed by atoms with Gasteiger partial charge in [-0.1, -0.05) is 24.3 Å². The van der Waals surface area contributed by atoms with Crippen molar-refractivity contribution in [3.05, 3.63) is 88.5 Å². The van der Waals surface area contributed by atoms with Gasteiger partial charge in [0, 0.05) is 12.1 Å². The van der Waals surface area contributed by atoms with Crippen molar-refractivity contribution in [2.75, 3.05) is 12.4 Å². The van der Waals surface area contributed by atoms with E-state index in [0.29, 0.717) is 11.5 Å². The predicted octanol–water partition coefficient (Wildman–Crippen LogP) is 4.58. The minimum Gasteiger partial charge on any atom is -0.495 e. The fourth-order valence-electron chi connectivity index (χ4n) is 2.73. The van der Waals surface area contributed by atoms with Crippen molar-refractivity contribution in [2.24, 2.45) is 0 Å². The van der Waals surface area contributed by atoms with Crippen LogP contribution in [0.3, 0.4) is 0 Å². The topological polar surface area (TPSA) is 117 Å². The molecule has 1 atom stereocenters. The Bertz CT molecular complexity index is 1130. The zero-order valence-corrected chi connectivity index (χ0v) is 17.3. The SMILES string of the molecule is COc1ccc([N+](=O)[O-])cc1NC(=O)C(C)OC(=O)c1cccc(Oc2ccccc2)c1. The third-order valence-corrected chi connectivity index (χ3v) is 4.35. The van der Waals surface area contributed by atoms with Crippen molar-refractivity contribution in [1.82, 2.24) is 0 Å². The second kappa shape index (κ2) is 10.1. The Morgan fingerprint density at radius 2 is 1.69 bits per heavy atom. The Morgan fingerprint density at radius 3 is 2.38 bits per heavy atom. The molecule has 3 aromatic rings. The Labute approximate surface area is 183 Å². The molecule has 164 valence electrons. The zero-order chi connectivity index (χ0) is 23.1. The van der Waals surface area contributed by atoms with E-state index in [2.05, 4.69) is 5.32 Å². The number of hydrogen-bond acceptors (Lipinski definition) is 7. The third-order valence-electron chi connectivity index (χ3n) is 4.35. The summed E-state index contributed by atoms with van der Waals surface area (Å²) in [6.07, 6.45) is -1.18. The number of amides is 1. The number of nitro groups is 1. The maximum Gasteiger partial charge on any atom is 0.339 e. The average molecular weight is 436 g/mol. The van der Waals surface area contributed by atoms with Gasteiger partial charge in [0.05, 0.1) is 23.3 Å². The molecule has 9 nitrogen and oxygen atoms in total. The molecular formula is C23H20N2O7. The second-order valence-corrected chi connectivity index (χ2v) is 6.62. The molecule has 0 radical (unpaired) electrons. The van der Waals surface area contributed by atoms with Crippen molar-refractivity contribution < 1.29 is 28.7 Å². The Hall–Kier alpha value is -4.40. The van der Waals surface area contributed by atoms with Gasteiger partial charge in [-0.05, 0) is 43.3 Å². The molecule has 0 aliphatic heterocycles. The maximum atomic E-state index is 12.5. The summed E-state index contributed by atoms with van der Waals surface area (Å²) in [6, 6.07) is 19.2. The molecule has 0 heterocycles. The van der Waals surface area contributed by atoms with Gasteiger partial charge < -0.3 is 19.5 Å². The van der Waals surface area contributed by atoms with Crippen LogP contribution in [0.25, 0.3) is 0 Å². The lowest BCUT2D eigenvalue weighted by Crippen LogP contribution is -2.30. The largest absolute Gasteiger partial charge is 0.495 e. The molecule has 0 saturated carbocycles. The van der Waals surface area contributed by atoms with Crippen LogP contribution in [0.2, 0.25) is 0 Å². The Balaban J connectivity index is 1.67. The van der Waals surface area contributed by atoms with E-state index >= 15 is 0 Å². The molecule has 0 aliphatic carbocycles. The summed E-state index contributed by atoms with van der Waals surface area (Å²) >= 11 is 0. The molecule has 32 heavy (non-hydrogen) atoms. The highest BCUT2D eigenvalue weighted by molar-refractivity contribution is 5.98. The van der Waals surface area contributed by atoms with E-state index in [1.165, 1.54) is 38.3 Å². The van der Waals surface area contributed by atoms with Crippen LogP contribution in [0, 0.1) is 10.1 Å². The van der Waals surface area contributed by atoms with E-state index in [1.807, 2.05) is 18.2 Å². The number of rotatable bonds is 8. The van der Waals surface area contributed by atoms with Crippen LogP contribution >= 0.6 is 0 Å². The number of nitrogens with zero attached hydrogens (tertiary/aromatic N) is 1. The van der Waals surface area contributed by atoms with Gasteiger partial charge in [-0.2, -0.15) is 0 Å². The Kier molecular flexibility index (Phi) is 7.02. The van der Waals surface area contributed by atoms with Crippen molar-refractivity contribution in [2.45, 2.75) is 13.0 Å². The number of carbonyl (C=O) groups excluding carboxylic acids is 2. The normalized spacial score (nSPS) is 11.2. The first-order chi connectivity index (χ1) is 15.4. The van der Waals surface area contributed by atoms with E-state index in [-0.39, 0.29) is 22.7 Å². The molecule has 0 fully saturated rings. The standard InChI is InChI=1S/C23H20N2O7/c1-15(22(26)24-20-14-17(25(28)29)11-12-21(20)30-2)31-23(27)16-7-6-10-19(13-16)32-18-8-4-3-5-9-18/h3-15H,1-2H3,(H,24,26). The minimum absolute atomic E-state index is 0.0906. The van der Waals surface area contributed by atoms with Crippen LogP contribution in [-0.2, 0) is 9.53 Å². The average Bonchev–Trinajstić information content (AvgIpc) is 2.79. The molecule has 3 rings (SSSR count). The summed E-state index contributed by atoms with van der Waals surface area (Å²) in [5, 5.41) is 13.5. The van der Waals surface area contributed by atoms with Gasteiger partial charge in [0.15, 0.2) is 6.10 Å². The fraction of sp³-hybridized carbons (Fsp3) is 0.130. The number of ether oxygens (including phenoxy) is 3. The molecule has 0 aromatic heterocycles.